The highest BCUT2D eigenvalue weighted by atomic mass is 32.2. The standard InChI is InChI=1S/C35H39F4N3O8S/c1-21(43)50-20-25(44)17-34(2,28-14-24(10-13-29(28)36)40-32(45)35(37,38)39)41-33(51-7)42(18-22-8-11-26(46-3)15-30(22)48-5)19-23-9-12-27(47-4)16-31(23)49-6/h8-16H,17-20H2,1-7H3,(H,40,45)/b41-33-/t34-/m0/s1. The number of hydrogen-bond donors (Lipinski definition) is 1. The van der Waals surface area contributed by atoms with E-state index in [-0.39, 0.29) is 29.5 Å². The van der Waals surface area contributed by atoms with Crippen molar-refractivity contribution < 1.29 is 55.6 Å². The van der Waals surface area contributed by atoms with Crippen molar-refractivity contribution in [2.24, 2.45) is 4.99 Å². The van der Waals surface area contributed by atoms with Crippen molar-refractivity contribution in [2.45, 2.75) is 45.1 Å². The van der Waals surface area contributed by atoms with E-state index in [1.54, 1.807) is 48.0 Å². The lowest BCUT2D eigenvalue weighted by molar-refractivity contribution is -0.167. The molecule has 0 fully saturated rings. The predicted octanol–water partition coefficient (Wildman–Crippen LogP) is 6.52. The molecule has 0 aromatic heterocycles. The molecule has 3 aromatic carbocycles. The number of aliphatic imine (C=N–C) groups is 1. The molecule has 1 atom stereocenters. The minimum atomic E-state index is -5.21. The Morgan fingerprint density at radius 1 is 0.843 bits per heavy atom. The van der Waals surface area contributed by atoms with E-state index in [4.69, 9.17) is 28.7 Å². The SMILES string of the molecule is COc1ccc(CN(Cc2ccc(OC)cc2OC)/C(=N/[C@@](C)(CC(=O)COC(C)=O)c2cc(NC(=O)C(F)(F)F)ccc2F)SC)c(OC)c1. The molecule has 0 saturated heterocycles. The first-order valence-electron chi connectivity index (χ1n) is 15.2. The Morgan fingerprint density at radius 3 is 1.84 bits per heavy atom. The quantitative estimate of drug-likeness (QED) is 0.0798. The Labute approximate surface area is 297 Å². The van der Waals surface area contributed by atoms with E-state index in [0.717, 1.165) is 36.9 Å². The fourth-order valence-corrected chi connectivity index (χ4v) is 5.73. The van der Waals surface area contributed by atoms with Gasteiger partial charge >= 0.3 is 18.1 Å². The summed E-state index contributed by atoms with van der Waals surface area (Å²) in [6.45, 7) is 2.19. The summed E-state index contributed by atoms with van der Waals surface area (Å²) in [5.74, 6) is -2.49. The van der Waals surface area contributed by atoms with Crippen molar-refractivity contribution in [1.29, 1.82) is 0 Å². The van der Waals surface area contributed by atoms with E-state index in [9.17, 15) is 27.6 Å². The van der Waals surface area contributed by atoms with Gasteiger partial charge in [0.2, 0.25) is 0 Å². The van der Waals surface area contributed by atoms with Gasteiger partial charge < -0.3 is 33.9 Å². The van der Waals surface area contributed by atoms with Crippen LogP contribution in [-0.2, 0) is 37.7 Å². The number of esters is 1. The van der Waals surface area contributed by atoms with E-state index in [0.29, 0.717) is 34.1 Å². The van der Waals surface area contributed by atoms with Crippen molar-refractivity contribution in [2.75, 3.05) is 46.6 Å². The molecule has 3 aromatic rings. The van der Waals surface area contributed by atoms with Crippen molar-refractivity contribution in [3.05, 3.63) is 77.1 Å². The molecule has 0 aliphatic carbocycles. The molecule has 0 unspecified atom stereocenters. The average molecular weight is 738 g/mol. The van der Waals surface area contributed by atoms with Crippen LogP contribution < -0.4 is 24.3 Å². The molecule has 16 heteroatoms. The summed E-state index contributed by atoms with van der Waals surface area (Å²) < 4.78 is 81.8. The molecule has 1 amide bonds. The average Bonchev–Trinajstić information content (AvgIpc) is 3.09. The smallest absolute Gasteiger partial charge is 0.471 e. The first-order chi connectivity index (χ1) is 24.1. The third-order valence-electron chi connectivity index (χ3n) is 7.55. The number of alkyl halides is 3. The second kappa shape index (κ2) is 17.8. The maximum atomic E-state index is 15.7. The molecule has 51 heavy (non-hydrogen) atoms. The molecule has 0 saturated carbocycles. The lowest BCUT2D eigenvalue weighted by atomic mass is 9.86. The van der Waals surface area contributed by atoms with Gasteiger partial charge in [-0.25, -0.2) is 4.39 Å². The number of carbonyl (C=O) groups excluding carboxylic acids is 3. The summed E-state index contributed by atoms with van der Waals surface area (Å²) in [7, 11) is 6.03. The number of nitrogens with one attached hydrogen (secondary N) is 1. The number of halogens is 4. The topological polar surface area (TPSA) is 125 Å². The van der Waals surface area contributed by atoms with Crippen LogP contribution in [0.3, 0.4) is 0 Å². The third-order valence-corrected chi connectivity index (χ3v) is 8.26. The number of Topliss-reactive ketones (excluding diaryl/α,β-unsaturated/α-hetero) is 1. The molecule has 0 spiro atoms. The van der Waals surface area contributed by atoms with E-state index >= 15 is 4.39 Å². The Bertz CT molecular complexity index is 1700. The minimum absolute atomic E-state index is 0.156. The molecular weight excluding hydrogens is 698 g/mol. The molecule has 0 bridgehead atoms. The van der Waals surface area contributed by atoms with Crippen LogP contribution in [0.1, 0.15) is 37.0 Å². The van der Waals surface area contributed by atoms with Gasteiger partial charge in [-0.05, 0) is 55.6 Å². The summed E-state index contributed by atoms with van der Waals surface area (Å²) in [6.07, 6.45) is -4.04. The zero-order chi connectivity index (χ0) is 37.9. The second-order valence-electron chi connectivity index (χ2n) is 11.2. The van der Waals surface area contributed by atoms with Gasteiger partial charge in [-0.1, -0.05) is 11.8 Å². The van der Waals surface area contributed by atoms with Crippen LogP contribution in [0.2, 0.25) is 0 Å². The number of amidine groups is 1. The number of amides is 1. The van der Waals surface area contributed by atoms with E-state index in [2.05, 4.69) is 0 Å². The van der Waals surface area contributed by atoms with Crippen molar-refractivity contribution >= 4 is 40.3 Å². The van der Waals surface area contributed by atoms with Gasteiger partial charge in [-0.3, -0.25) is 19.4 Å². The van der Waals surface area contributed by atoms with Gasteiger partial charge in [0.25, 0.3) is 0 Å². The van der Waals surface area contributed by atoms with Crippen LogP contribution >= 0.6 is 11.8 Å². The first-order valence-corrected chi connectivity index (χ1v) is 16.4. The monoisotopic (exact) mass is 737 g/mol. The normalized spacial score (nSPS) is 12.7. The number of methoxy groups -OCH3 is 4. The number of carbonyl (C=O) groups is 3. The molecule has 0 heterocycles. The van der Waals surface area contributed by atoms with Crippen LogP contribution in [0.25, 0.3) is 0 Å². The summed E-state index contributed by atoms with van der Waals surface area (Å²) in [5.41, 5.74) is -1.08. The van der Waals surface area contributed by atoms with Crippen molar-refractivity contribution in [1.82, 2.24) is 4.90 Å². The number of rotatable bonds is 15. The second-order valence-corrected chi connectivity index (χ2v) is 12.0. The summed E-state index contributed by atoms with van der Waals surface area (Å²) in [6, 6.07) is 13.3. The molecule has 3 rings (SSSR count). The number of hydrogen-bond acceptors (Lipinski definition) is 10. The molecule has 276 valence electrons. The van der Waals surface area contributed by atoms with E-state index in [1.165, 1.54) is 35.4 Å². The lowest BCUT2D eigenvalue weighted by Gasteiger charge is -2.32. The van der Waals surface area contributed by atoms with Crippen LogP contribution in [0.4, 0.5) is 23.2 Å². The Balaban J connectivity index is 2.26. The molecule has 0 aliphatic rings. The van der Waals surface area contributed by atoms with Crippen LogP contribution in [-0.4, -0.2) is 75.2 Å². The number of thioether (sulfide) groups is 1. The van der Waals surface area contributed by atoms with Crippen LogP contribution in [0, 0.1) is 5.82 Å². The molecule has 1 N–H and O–H groups in total. The molecule has 0 aliphatic heterocycles. The van der Waals surface area contributed by atoms with E-state index < -0.39 is 48.2 Å². The highest BCUT2D eigenvalue weighted by Gasteiger charge is 2.39. The number of anilines is 1. The van der Waals surface area contributed by atoms with Gasteiger partial charge in [0.05, 0.1) is 34.0 Å². The zero-order valence-electron chi connectivity index (χ0n) is 29.1. The first kappa shape index (κ1) is 40.4. The lowest BCUT2D eigenvalue weighted by Crippen LogP contribution is -2.34. The van der Waals surface area contributed by atoms with E-state index in [1.807, 2.05) is 4.90 Å². The minimum Gasteiger partial charge on any atom is -0.497 e. The Morgan fingerprint density at radius 2 is 1.39 bits per heavy atom. The van der Waals surface area contributed by atoms with Gasteiger partial charge in [-0.2, -0.15) is 13.2 Å². The molecule has 11 nitrogen and oxygen atoms in total. The fourth-order valence-electron chi connectivity index (χ4n) is 5.05. The molecular formula is C35H39F4N3O8S. The van der Waals surface area contributed by atoms with Gasteiger partial charge in [0, 0.05) is 60.9 Å². The largest absolute Gasteiger partial charge is 0.497 e. The Hall–Kier alpha value is -4.99. The van der Waals surface area contributed by atoms with Crippen LogP contribution in [0.5, 0.6) is 23.0 Å². The summed E-state index contributed by atoms with van der Waals surface area (Å²) in [5, 5.41) is 1.99. The predicted molar refractivity (Wildman–Crippen MR) is 184 cm³/mol. The van der Waals surface area contributed by atoms with Gasteiger partial charge in [-0.15, -0.1) is 0 Å². The zero-order valence-corrected chi connectivity index (χ0v) is 29.9. The van der Waals surface area contributed by atoms with Crippen molar-refractivity contribution in [3.63, 3.8) is 0 Å². The summed E-state index contributed by atoms with van der Waals surface area (Å²) in [4.78, 5) is 43.1. The highest BCUT2D eigenvalue weighted by molar-refractivity contribution is 8.13. The maximum absolute atomic E-state index is 15.7. The third kappa shape index (κ3) is 11.0. The number of nitrogens with zero attached hydrogens (tertiary/aromatic N) is 2. The number of ether oxygens (including phenoxy) is 5. The van der Waals surface area contributed by atoms with Gasteiger partial charge in [0.1, 0.15) is 35.4 Å². The van der Waals surface area contributed by atoms with Crippen molar-refractivity contribution in [3.8, 4) is 23.0 Å². The highest BCUT2D eigenvalue weighted by Crippen LogP contribution is 2.37. The number of ketones is 1. The Kier molecular flexibility index (Phi) is 14.1. The summed E-state index contributed by atoms with van der Waals surface area (Å²) >= 11 is 1.16. The maximum Gasteiger partial charge on any atom is 0.471 e. The molecule has 0 radical (unpaired) electrons. The fraction of sp³-hybridized carbons (Fsp3) is 0.371. The number of benzene rings is 3. The van der Waals surface area contributed by atoms with Gasteiger partial charge in [0.15, 0.2) is 11.0 Å². The van der Waals surface area contributed by atoms with Crippen LogP contribution in [0.15, 0.2) is 59.6 Å².